The molecule has 2 atom stereocenters. The number of benzene rings is 2. The number of amides is 1. The Kier molecular flexibility index (Phi) is 4.69. The van der Waals surface area contributed by atoms with Crippen LogP contribution < -0.4 is 0 Å². The molecule has 0 aromatic heterocycles. The summed E-state index contributed by atoms with van der Waals surface area (Å²) in [5.74, 6) is -0.868. The van der Waals surface area contributed by atoms with Gasteiger partial charge in [-0.2, -0.15) is 0 Å². The summed E-state index contributed by atoms with van der Waals surface area (Å²) in [6.07, 6.45) is -2.40. The highest BCUT2D eigenvalue weighted by Crippen LogP contribution is 2.26. The summed E-state index contributed by atoms with van der Waals surface area (Å²) in [4.78, 5) is 14.2. The molecule has 5 heteroatoms. The van der Waals surface area contributed by atoms with Gasteiger partial charge in [0.15, 0.2) is 6.10 Å². The van der Waals surface area contributed by atoms with E-state index in [1.807, 2.05) is 30.3 Å². The first-order valence-corrected chi connectivity index (χ1v) is 7.53. The average Bonchev–Trinajstić information content (AvgIpc) is 2.58. The number of hydrogen-bond acceptors (Lipinski definition) is 3. The van der Waals surface area contributed by atoms with Crippen LogP contribution in [0.2, 0.25) is 0 Å². The van der Waals surface area contributed by atoms with E-state index >= 15 is 0 Å². The Morgan fingerprint density at radius 1 is 1.17 bits per heavy atom. The van der Waals surface area contributed by atoms with E-state index in [1.54, 1.807) is 11.0 Å². The Hall–Kier alpha value is -2.24. The molecule has 1 fully saturated rings. The summed E-state index contributed by atoms with van der Waals surface area (Å²) in [6, 6.07) is 15.5. The molecule has 1 heterocycles. The number of carbonyl (C=O) groups is 1. The Morgan fingerprint density at radius 2 is 1.87 bits per heavy atom. The zero-order valence-electron chi connectivity index (χ0n) is 12.6. The number of hydrogen-bond donors (Lipinski definition) is 1. The van der Waals surface area contributed by atoms with Gasteiger partial charge in [0.25, 0.3) is 5.91 Å². The number of nitrogens with zero attached hydrogens (tertiary/aromatic N) is 1. The van der Waals surface area contributed by atoms with Crippen molar-refractivity contribution < 1.29 is 19.0 Å². The fourth-order valence-corrected chi connectivity index (χ4v) is 2.72. The molecule has 1 aliphatic rings. The molecule has 2 aromatic rings. The van der Waals surface area contributed by atoms with E-state index in [0.29, 0.717) is 19.7 Å². The number of ether oxygens (including phenoxy) is 1. The zero-order chi connectivity index (χ0) is 16.2. The second kappa shape index (κ2) is 6.89. The molecule has 1 unspecified atom stereocenters. The Bertz CT molecular complexity index is 677. The molecule has 0 spiro atoms. The number of aliphatic hydroxyl groups excluding tert-OH is 1. The highest BCUT2D eigenvalue weighted by molar-refractivity contribution is 5.82. The van der Waals surface area contributed by atoms with Crippen LogP contribution in [0.15, 0.2) is 54.6 Å². The van der Waals surface area contributed by atoms with Crippen LogP contribution in [0.4, 0.5) is 4.39 Å². The quantitative estimate of drug-likeness (QED) is 0.942. The molecule has 0 saturated carbocycles. The topological polar surface area (TPSA) is 49.8 Å². The average molecular weight is 315 g/mol. The second-order valence-electron chi connectivity index (χ2n) is 5.50. The van der Waals surface area contributed by atoms with Crippen LogP contribution in [0.5, 0.6) is 0 Å². The van der Waals surface area contributed by atoms with Gasteiger partial charge in [0, 0.05) is 18.7 Å². The van der Waals surface area contributed by atoms with E-state index < -0.39 is 18.0 Å². The number of halogens is 1. The van der Waals surface area contributed by atoms with Crippen LogP contribution in [0.3, 0.4) is 0 Å². The van der Waals surface area contributed by atoms with Crippen molar-refractivity contribution in [1.29, 1.82) is 0 Å². The van der Waals surface area contributed by atoms with E-state index in [4.69, 9.17) is 4.74 Å². The standard InChI is InChI=1S/C18H18FNO3/c19-15-9-5-4-8-14(15)16(21)17-18(22)20(10-11-23-17)12-13-6-2-1-3-7-13/h1-9,16-17,21H,10-12H2/t16?,17-/m0/s1. The third-order valence-electron chi connectivity index (χ3n) is 3.94. The maximum absolute atomic E-state index is 13.8. The first-order valence-electron chi connectivity index (χ1n) is 7.53. The minimum Gasteiger partial charge on any atom is -0.385 e. The molecular weight excluding hydrogens is 297 g/mol. The van der Waals surface area contributed by atoms with Crippen molar-refractivity contribution in [3.05, 3.63) is 71.5 Å². The molecule has 0 bridgehead atoms. The van der Waals surface area contributed by atoms with Gasteiger partial charge in [0.05, 0.1) is 6.61 Å². The third kappa shape index (κ3) is 3.41. The van der Waals surface area contributed by atoms with Crippen molar-refractivity contribution in [2.24, 2.45) is 0 Å². The largest absolute Gasteiger partial charge is 0.385 e. The smallest absolute Gasteiger partial charge is 0.255 e. The SMILES string of the molecule is O=C1[C@H](C(O)c2ccccc2F)OCCN1Cc1ccccc1. The lowest BCUT2D eigenvalue weighted by Gasteiger charge is -2.34. The van der Waals surface area contributed by atoms with Gasteiger partial charge in [-0.15, -0.1) is 0 Å². The molecule has 4 nitrogen and oxygen atoms in total. The number of rotatable bonds is 4. The van der Waals surface area contributed by atoms with Crippen molar-refractivity contribution in [3.8, 4) is 0 Å². The van der Waals surface area contributed by atoms with Gasteiger partial charge in [-0.1, -0.05) is 48.5 Å². The van der Waals surface area contributed by atoms with E-state index in [0.717, 1.165) is 5.56 Å². The highest BCUT2D eigenvalue weighted by atomic mass is 19.1. The van der Waals surface area contributed by atoms with Crippen LogP contribution in [-0.4, -0.2) is 35.2 Å². The predicted molar refractivity (Wildman–Crippen MR) is 83.0 cm³/mol. The van der Waals surface area contributed by atoms with E-state index in [2.05, 4.69) is 0 Å². The normalized spacial score (nSPS) is 19.7. The summed E-state index contributed by atoms with van der Waals surface area (Å²) < 4.78 is 19.2. The molecule has 1 aliphatic heterocycles. The van der Waals surface area contributed by atoms with Crippen molar-refractivity contribution in [2.45, 2.75) is 18.8 Å². The molecule has 1 N–H and O–H groups in total. The lowest BCUT2D eigenvalue weighted by molar-refractivity contribution is -0.164. The van der Waals surface area contributed by atoms with E-state index in [-0.39, 0.29) is 11.5 Å². The maximum Gasteiger partial charge on any atom is 0.255 e. The van der Waals surface area contributed by atoms with Crippen LogP contribution >= 0.6 is 0 Å². The van der Waals surface area contributed by atoms with Crippen molar-refractivity contribution >= 4 is 5.91 Å². The van der Waals surface area contributed by atoms with Crippen molar-refractivity contribution in [2.75, 3.05) is 13.2 Å². The molecule has 23 heavy (non-hydrogen) atoms. The van der Waals surface area contributed by atoms with Crippen molar-refractivity contribution in [3.63, 3.8) is 0 Å². The second-order valence-corrected chi connectivity index (χ2v) is 5.50. The van der Waals surface area contributed by atoms with Crippen LogP contribution in [0.1, 0.15) is 17.2 Å². The molecule has 1 saturated heterocycles. The van der Waals surface area contributed by atoms with Gasteiger partial charge in [-0.05, 0) is 11.6 Å². The molecule has 0 radical (unpaired) electrons. The minimum atomic E-state index is -1.32. The lowest BCUT2D eigenvalue weighted by atomic mass is 10.0. The molecular formula is C18H18FNO3. The van der Waals surface area contributed by atoms with Crippen molar-refractivity contribution in [1.82, 2.24) is 4.90 Å². The summed E-state index contributed by atoms with van der Waals surface area (Å²) in [6.45, 7) is 1.21. The monoisotopic (exact) mass is 315 g/mol. The maximum atomic E-state index is 13.8. The minimum absolute atomic E-state index is 0.0763. The number of morpholine rings is 1. The summed E-state index contributed by atoms with van der Waals surface area (Å²) in [5.41, 5.74) is 1.08. The molecule has 3 rings (SSSR count). The Balaban J connectivity index is 1.76. The van der Waals surface area contributed by atoms with Gasteiger partial charge >= 0.3 is 0 Å². The number of carbonyl (C=O) groups excluding carboxylic acids is 1. The van der Waals surface area contributed by atoms with Gasteiger partial charge in [-0.25, -0.2) is 4.39 Å². The van der Waals surface area contributed by atoms with Crippen LogP contribution in [0, 0.1) is 5.82 Å². The third-order valence-corrected chi connectivity index (χ3v) is 3.94. The van der Waals surface area contributed by atoms with Crippen LogP contribution in [0.25, 0.3) is 0 Å². The Morgan fingerprint density at radius 3 is 2.61 bits per heavy atom. The summed E-state index contributed by atoms with van der Waals surface area (Å²) in [7, 11) is 0. The molecule has 0 aliphatic carbocycles. The van der Waals surface area contributed by atoms with E-state index in [9.17, 15) is 14.3 Å². The van der Waals surface area contributed by atoms with E-state index in [1.165, 1.54) is 18.2 Å². The first kappa shape index (κ1) is 15.6. The molecule has 120 valence electrons. The predicted octanol–water partition coefficient (Wildman–Crippen LogP) is 2.29. The summed E-state index contributed by atoms with van der Waals surface area (Å²) in [5, 5.41) is 10.4. The summed E-state index contributed by atoms with van der Waals surface area (Å²) >= 11 is 0. The van der Waals surface area contributed by atoms with Crippen LogP contribution in [-0.2, 0) is 16.1 Å². The lowest BCUT2D eigenvalue weighted by Crippen LogP contribution is -2.49. The van der Waals surface area contributed by atoms with Gasteiger partial charge in [-0.3, -0.25) is 4.79 Å². The first-order chi connectivity index (χ1) is 11.2. The molecule has 2 aromatic carbocycles. The Labute approximate surface area is 134 Å². The zero-order valence-corrected chi connectivity index (χ0v) is 12.6. The highest BCUT2D eigenvalue weighted by Gasteiger charge is 2.36. The fraction of sp³-hybridized carbons (Fsp3) is 0.278. The fourth-order valence-electron chi connectivity index (χ4n) is 2.72. The van der Waals surface area contributed by atoms with Gasteiger partial charge in [0.1, 0.15) is 11.9 Å². The van der Waals surface area contributed by atoms with Gasteiger partial charge < -0.3 is 14.7 Å². The number of aliphatic hydroxyl groups is 1. The molecule has 1 amide bonds. The van der Waals surface area contributed by atoms with Gasteiger partial charge in [0.2, 0.25) is 0 Å².